The third-order valence-electron chi connectivity index (χ3n) is 3.96. The van der Waals surface area contributed by atoms with Gasteiger partial charge in [0.1, 0.15) is 12.7 Å². The van der Waals surface area contributed by atoms with E-state index in [4.69, 9.17) is 9.57 Å². The SMILES string of the molecule is C1COC(CO/N=C2/C[C@@H]3CC[C@H]2C3)CN1. The van der Waals surface area contributed by atoms with Crippen LogP contribution in [0.15, 0.2) is 5.16 Å². The van der Waals surface area contributed by atoms with Crippen LogP contribution >= 0.6 is 0 Å². The number of oxime groups is 1. The summed E-state index contributed by atoms with van der Waals surface area (Å²) in [5.74, 6) is 1.63. The monoisotopic (exact) mass is 224 g/mol. The van der Waals surface area contributed by atoms with E-state index < -0.39 is 0 Å². The Morgan fingerprint density at radius 3 is 3.12 bits per heavy atom. The predicted molar refractivity (Wildman–Crippen MR) is 61.4 cm³/mol. The van der Waals surface area contributed by atoms with Gasteiger partial charge in [0.25, 0.3) is 0 Å². The van der Waals surface area contributed by atoms with Crippen LogP contribution in [0.3, 0.4) is 0 Å². The number of nitrogens with zero attached hydrogens (tertiary/aromatic N) is 1. The molecule has 1 saturated heterocycles. The molecule has 0 aromatic carbocycles. The van der Waals surface area contributed by atoms with Gasteiger partial charge >= 0.3 is 0 Å². The highest BCUT2D eigenvalue weighted by Gasteiger charge is 2.37. The average molecular weight is 224 g/mol. The quantitative estimate of drug-likeness (QED) is 0.732. The number of nitrogens with one attached hydrogen (secondary N) is 1. The van der Waals surface area contributed by atoms with Crippen molar-refractivity contribution < 1.29 is 9.57 Å². The van der Waals surface area contributed by atoms with Crippen LogP contribution in [0.2, 0.25) is 0 Å². The molecule has 0 spiro atoms. The van der Waals surface area contributed by atoms with Gasteiger partial charge in [0, 0.05) is 19.0 Å². The van der Waals surface area contributed by atoms with Crippen molar-refractivity contribution in [3.8, 4) is 0 Å². The normalized spacial score (nSPS) is 40.5. The van der Waals surface area contributed by atoms with Crippen LogP contribution in [-0.2, 0) is 9.57 Å². The van der Waals surface area contributed by atoms with E-state index in [-0.39, 0.29) is 6.10 Å². The van der Waals surface area contributed by atoms with E-state index in [0.29, 0.717) is 6.61 Å². The molecule has 3 fully saturated rings. The molecule has 2 bridgehead atoms. The summed E-state index contributed by atoms with van der Waals surface area (Å²) in [7, 11) is 0. The first-order valence-electron chi connectivity index (χ1n) is 6.43. The second kappa shape index (κ2) is 4.72. The fraction of sp³-hybridized carbons (Fsp3) is 0.917. The molecule has 3 atom stereocenters. The van der Waals surface area contributed by atoms with Crippen LogP contribution in [0.4, 0.5) is 0 Å². The lowest BCUT2D eigenvalue weighted by molar-refractivity contribution is -0.0305. The minimum atomic E-state index is 0.177. The minimum Gasteiger partial charge on any atom is -0.393 e. The summed E-state index contributed by atoms with van der Waals surface area (Å²) < 4.78 is 5.55. The Balaban J connectivity index is 1.44. The molecule has 1 heterocycles. The van der Waals surface area contributed by atoms with Crippen LogP contribution in [-0.4, -0.2) is 38.1 Å². The first-order valence-corrected chi connectivity index (χ1v) is 6.43. The van der Waals surface area contributed by atoms with E-state index in [0.717, 1.165) is 31.5 Å². The van der Waals surface area contributed by atoms with E-state index in [2.05, 4.69) is 10.5 Å². The Morgan fingerprint density at radius 1 is 1.44 bits per heavy atom. The standard InChI is InChI=1S/C12H20N2O2/c1-2-10-5-9(1)6-12(10)14-16-8-11-7-13-3-4-15-11/h9-11,13H,1-8H2/b14-12-/t9-,10+,11?/m1/s1. The number of morpholine rings is 1. The van der Waals surface area contributed by atoms with Crippen molar-refractivity contribution in [3.63, 3.8) is 0 Å². The number of ether oxygens (including phenoxy) is 1. The van der Waals surface area contributed by atoms with E-state index in [1.807, 2.05) is 0 Å². The van der Waals surface area contributed by atoms with Gasteiger partial charge < -0.3 is 14.9 Å². The van der Waals surface area contributed by atoms with E-state index in [1.165, 1.54) is 31.4 Å². The summed E-state index contributed by atoms with van der Waals surface area (Å²) in [6.45, 7) is 3.22. The molecular formula is C12H20N2O2. The zero-order valence-electron chi connectivity index (χ0n) is 9.65. The van der Waals surface area contributed by atoms with Gasteiger partial charge in [-0.15, -0.1) is 0 Å². The summed E-state index contributed by atoms with van der Waals surface area (Å²) in [6, 6.07) is 0. The molecule has 1 unspecified atom stereocenters. The highest BCUT2D eigenvalue weighted by atomic mass is 16.6. The van der Waals surface area contributed by atoms with E-state index >= 15 is 0 Å². The molecule has 1 N–H and O–H groups in total. The van der Waals surface area contributed by atoms with Crippen molar-refractivity contribution in [2.24, 2.45) is 17.0 Å². The van der Waals surface area contributed by atoms with Crippen LogP contribution in [0.5, 0.6) is 0 Å². The largest absolute Gasteiger partial charge is 0.393 e. The molecule has 4 nitrogen and oxygen atoms in total. The van der Waals surface area contributed by atoms with Crippen LogP contribution in [0.1, 0.15) is 25.7 Å². The molecule has 2 saturated carbocycles. The number of fused-ring (bicyclic) bond motifs is 2. The molecular weight excluding hydrogens is 204 g/mol. The Labute approximate surface area is 96.4 Å². The molecule has 2 aliphatic carbocycles. The fourth-order valence-corrected chi connectivity index (χ4v) is 3.07. The maximum atomic E-state index is 5.55. The Kier molecular flexibility index (Phi) is 3.11. The van der Waals surface area contributed by atoms with Gasteiger partial charge in [0.2, 0.25) is 0 Å². The maximum absolute atomic E-state index is 5.55. The van der Waals surface area contributed by atoms with Gasteiger partial charge in [0.05, 0.1) is 12.3 Å². The highest BCUT2D eigenvalue weighted by Crippen LogP contribution is 2.42. The van der Waals surface area contributed by atoms with Crippen LogP contribution in [0, 0.1) is 11.8 Å². The average Bonchev–Trinajstić information content (AvgIpc) is 2.92. The van der Waals surface area contributed by atoms with E-state index in [9.17, 15) is 0 Å². The third-order valence-corrected chi connectivity index (χ3v) is 3.96. The Bertz CT molecular complexity index is 274. The Morgan fingerprint density at radius 2 is 2.44 bits per heavy atom. The lowest BCUT2D eigenvalue weighted by Crippen LogP contribution is -2.40. The molecule has 1 aliphatic heterocycles. The first kappa shape index (κ1) is 10.5. The van der Waals surface area contributed by atoms with Gasteiger partial charge in [-0.05, 0) is 31.6 Å². The number of hydrogen-bond donors (Lipinski definition) is 1. The molecule has 16 heavy (non-hydrogen) atoms. The van der Waals surface area contributed by atoms with Crippen molar-refractivity contribution in [2.45, 2.75) is 31.8 Å². The molecule has 3 rings (SSSR count). The van der Waals surface area contributed by atoms with Crippen molar-refractivity contribution in [1.29, 1.82) is 0 Å². The van der Waals surface area contributed by atoms with Gasteiger partial charge in [-0.1, -0.05) is 5.16 Å². The molecule has 0 aromatic heterocycles. The predicted octanol–water partition coefficient (Wildman–Crippen LogP) is 1.17. The van der Waals surface area contributed by atoms with Gasteiger partial charge in [-0.25, -0.2) is 0 Å². The van der Waals surface area contributed by atoms with Crippen LogP contribution in [0.25, 0.3) is 0 Å². The number of hydrogen-bond acceptors (Lipinski definition) is 4. The fourth-order valence-electron chi connectivity index (χ4n) is 3.07. The molecule has 0 radical (unpaired) electrons. The highest BCUT2D eigenvalue weighted by molar-refractivity contribution is 5.89. The van der Waals surface area contributed by atoms with Crippen molar-refractivity contribution in [2.75, 3.05) is 26.3 Å². The third kappa shape index (κ3) is 2.23. The van der Waals surface area contributed by atoms with Crippen molar-refractivity contribution in [1.82, 2.24) is 5.32 Å². The van der Waals surface area contributed by atoms with Crippen molar-refractivity contribution in [3.05, 3.63) is 0 Å². The van der Waals surface area contributed by atoms with E-state index in [1.54, 1.807) is 0 Å². The first-order chi connectivity index (χ1) is 7.92. The zero-order chi connectivity index (χ0) is 10.8. The summed E-state index contributed by atoms with van der Waals surface area (Å²) >= 11 is 0. The second-order valence-corrected chi connectivity index (χ2v) is 5.16. The number of rotatable bonds is 3. The molecule has 3 aliphatic rings. The van der Waals surface area contributed by atoms with Crippen LogP contribution < -0.4 is 5.32 Å². The minimum absolute atomic E-state index is 0.177. The van der Waals surface area contributed by atoms with Gasteiger partial charge in [-0.3, -0.25) is 0 Å². The summed E-state index contributed by atoms with van der Waals surface area (Å²) in [5.41, 5.74) is 1.31. The smallest absolute Gasteiger partial charge is 0.144 e. The zero-order valence-corrected chi connectivity index (χ0v) is 9.65. The molecule has 0 amide bonds. The van der Waals surface area contributed by atoms with Gasteiger partial charge in [-0.2, -0.15) is 0 Å². The lowest BCUT2D eigenvalue weighted by Gasteiger charge is -2.22. The summed E-state index contributed by atoms with van der Waals surface area (Å²) in [6.07, 6.45) is 5.43. The van der Waals surface area contributed by atoms with Crippen molar-refractivity contribution >= 4 is 5.71 Å². The van der Waals surface area contributed by atoms with Gasteiger partial charge in [0.15, 0.2) is 0 Å². The molecule has 90 valence electrons. The summed E-state index contributed by atoms with van der Waals surface area (Å²) in [4.78, 5) is 5.43. The second-order valence-electron chi connectivity index (χ2n) is 5.16. The lowest BCUT2D eigenvalue weighted by atomic mass is 9.99. The molecule has 4 heteroatoms. The molecule has 0 aromatic rings. The maximum Gasteiger partial charge on any atom is 0.144 e. The topological polar surface area (TPSA) is 42.9 Å². The Hall–Kier alpha value is -0.610. The summed E-state index contributed by atoms with van der Waals surface area (Å²) in [5, 5.41) is 7.60.